The lowest BCUT2D eigenvalue weighted by molar-refractivity contribution is 0.0759. The second-order valence-corrected chi connectivity index (χ2v) is 6.53. The molecule has 0 heterocycles. The van der Waals surface area contributed by atoms with E-state index in [0.29, 0.717) is 5.92 Å². The molecule has 0 bridgehead atoms. The molecule has 1 amide bonds. The number of aryl methyl sites for hydroxylation is 1. The second-order valence-electron chi connectivity index (χ2n) is 5.67. The fraction of sp³-hybridized carbons (Fsp3) is 0.562. The summed E-state index contributed by atoms with van der Waals surface area (Å²) in [7, 11) is 1.92. The van der Waals surface area contributed by atoms with Crippen LogP contribution in [0.15, 0.2) is 22.7 Å². The van der Waals surface area contributed by atoms with Crippen molar-refractivity contribution < 1.29 is 4.79 Å². The second kappa shape index (κ2) is 6.56. The van der Waals surface area contributed by atoms with Crippen molar-refractivity contribution in [1.82, 2.24) is 4.90 Å². The molecule has 104 valence electrons. The maximum Gasteiger partial charge on any atom is 0.254 e. The highest BCUT2D eigenvalue weighted by atomic mass is 79.9. The minimum Gasteiger partial charge on any atom is -0.341 e. The van der Waals surface area contributed by atoms with E-state index < -0.39 is 0 Å². The predicted octanol–water partition coefficient (Wildman–Crippen LogP) is 4.41. The van der Waals surface area contributed by atoms with Gasteiger partial charge in [-0.3, -0.25) is 4.79 Å². The third kappa shape index (κ3) is 3.82. The van der Waals surface area contributed by atoms with E-state index in [9.17, 15) is 4.79 Å². The highest BCUT2D eigenvalue weighted by molar-refractivity contribution is 9.10. The van der Waals surface area contributed by atoms with Crippen LogP contribution in [0.5, 0.6) is 0 Å². The zero-order chi connectivity index (χ0) is 13.8. The Morgan fingerprint density at radius 3 is 2.63 bits per heavy atom. The van der Waals surface area contributed by atoms with Crippen molar-refractivity contribution in [2.24, 2.45) is 5.92 Å². The summed E-state index contributed by atoms with van der Waals surface area (Å²) < 4.78 is 0.896. The smallest absolute Gasteiger partial charge is 0.254 e. The number of rotatable bonds is 3. The van der Waals surface area contributed by atoms with Crippen molar-refractivity contribution in [2.75, 3.05) is 13.6 Å². The Kier molecular flexibility index (Phi) is 5.03. The number of amides is 1. The SMILES string of the molecule is Cc1ccc(C(=O)N(C)CC2CCCCC2)c(Br)c1. The van der Waals surface area contributed by atoms with Gasteiger partial charge in [-0.05, 0) is 59.3 Å². The van der Waals surface area contributed by atoms with Gasteiger partial charge in [-0.1, -0.05) is 25.3 Å². The van der Waals surface area contributed by atoms with E-state index in [-0.39, 0.29) is 5.91 Å². The van der Waals surface area contributed by atoms with Gasteiger partial charge in [0.05, 0.1) is 5.56 Å². The molecule has 0 spiro atoms. The van der Waals surface area contributed by atoms with E-state index in [1.807, 2.05) is 37.1 Å². The first-order valence-corrected chi connectivity index (χ1v) is 7.89. The molecule has 3 heteroatoms. The monoisotopic (exact) mass is 323 g/mol. The maximum atomic E-state index is 12.4. The van der Waals surface area contributed by atoms with Crippen LogP contribution in [0.1, 0.15) is 48.0 Å². The van der Waals surface area contributed by atoms with Crippen LogP contribution in [-0.2, 0) is 0 Å². The molecule has 1 aliphatic carbocycles. The number of benzene rings is 1. The largest absolute Gasteiger partial charge is 0.341 e. The van der Waals surface area contributed by atoms with Gasteiger partial charge in [-0.2, -0.15) is 0 Å². The zero-order valence-electron chi connectivity index (χ0n) is 11.8. The number of hydrogen-bond acceptors (Lipinski definition) is 1. The Bertz CT molecular complexity index is 452. The van der Waals surface area contributed by atoms with E-state index in [1.165, 1.54) is 37.7 Å². The summed E-state index contributed by atoms with van der Waals surface area (Å²) in [6.45, 7) is 2.92. The fourth-order valence-corrected chi connectivity index (χ4v) is 3.50. The van der Waals surface area contributed by atoms with Crippen LogP contribution in [0.2, 0.25) is 0 Å². The lowest BCUT2D eigenvalue weighted by atomic mass is 9.89. The van der Waals surface area contributed by atoms with Crippen LogP contribution in [0, 0.1) is 12.8 Å². The van der Waals surface area contributed by atoms with Crippen LogP contribution in [-0.4, -0.2) is 24.4 Å². The normalized spacial score (nSPS) is 16.4. The molecule has 0 N–H and O–H groups in total. The standard InChI is InChI=1S/C16H22BrNO/c1-12-8-9-14(15(17)10-12)16(19)18(2)11-13-6-4-3-5-7-13/h8-10,13H,3-7,11H2,1-2H3. The Labute approximate surface area is 124 Å². The minimum absolute atomic E-state index is 0.123. The fourth-order valence-electron chi connectivity index (χ4n) is 2.84. The molecule has 19 heavy (non-hydrogen) atoms. The molecule has 0 unspecified atom stereocenters. The number of carbonyl (C=O) groups is 1. The van der Waals surface area contributed by atoms with Crippen LogP contribution < -0.4 is 0 Å². The first-order chi connectivity index (χ1) is 9.08. The first kappa shape index (κ1) is 14.6. The molecule has 1 aromatic carbocycles. The highest BCUT2D eigenvalue weighted by Gasteiger charge is 2.20. The molecule has 1 saturated carbocycles. The molecular weight excluding hydrogens is 302 g/mol. The van der Waals surface area contributed by atoms with Crippen molar-refractivity contribution in [1.29, 1.82) is 0 Å². The van der Waals surface area contributed by atoms with Crippen molar-refractivity contribution in [2.45, 2.75) is 39.0 Å². The van der Waals surface area contributed by atoms with Crippen LogP contribution >= 0.6 is 15.9 Å². The summed E-state index contributed by atoms with van der Waals surface area (Å²) in [6.07, 6.45) is 6.54. The highest BCUT2D eigenvalue weighted by Crippen LogP contribution is 2.25. The summed E-state index contributed by atoms with van der Waals surface area (Å²) in [4.78, 5) is 14.3. The van der Waals surface area contributed by atoms with Gasteiger partial charge in [0.1, 0.15) is 0 Å². The molecule has 0 saturated heterocycles. The van der Waals surface area contributed by atoms with E-state index in [4.69, 9.17) is 0 Å². The van der Waals surface area contributed by atoms with Crippen molar-refractivity contribution in [3.63, 3.8) is 0 Å². The Balaban J connectivity index is 2.01. The minimum atomic E-state index is 0.123. The van der Waals surface area contributed by atoms with Crippen LogP contribution in [0.3, 0.4) is 0 Å². The Morgan fingerprint density at radius 1 is 1.32 bits per heavy atom. The van der Waals surface area contributed by atoms with Gasteiger partial charge in [0.2, 0.25) is 0 Å². The van der Waals surface area contributed by atoms with E-state index in [0.717, 1.165) is 16.6 Å². The van der Waals surface area contributed by atoms with Crippen LogP contribution in [0.4, 0.5) is 0 Å². The topological polar surface area (TPSA) is 20.3 Å². The molecule has 1 aliphatic rings. The van der Waals surface area contributed by atoms with Gasteiger partial charge < -0.3 is 4.90 Å². The molecule has 1 aromatic rings. The maximum absolute atomic E-state index is 12.4. The molecular formula is C16H22BrNO. The average Bonchev–Trinajstić information content (AvgIpc) is 2.39. The lowest BCUT2D eigenvalue weighted by Crippen LogP contribution is -2.32. The Morgan fingerprint density at radius 2 is 2.00 bits per heavy atom. The molecule has 1 fully saturated rings. The molecule has 0 atom stereocenters. The number of carbonyl (C=O) groups excluding carboxylic acids is 1. The predicted molar refractivity (Wildman–Crippen MR) is 82.4 cm³/mol. The lowest BCUT2D eigenvalue weighted by Gasteiger charge is -2.27. The van der Waals surface area contributed by atoms with Gasteiger partial charge >= 0.3 is 0 Å². The van der Waals surface area contributed by atoms with Crippen molar-refractivity contribution in [3.05, 3.63) is 33.8 Å². The molecule has 2 rings (SSSR count). The van der Waals surface area contributed by atoms with E-state index >= 15 is 0 Å². The van der Waals surface area contributed by atoms with Gasteiger partial charge in [0.25, 0.3) is 5.91 Å². The number of halogens is 1. The van der Waals surface area contributed by atoms with Crippen molar-refractivity contribution >= 4 is 21.8 Å². The molecule has 2 nitrogen and oxygen atoms in total. The molecule has 0 aromatic heterocycles. The first-order valence-electron chi connectivity index (χ1n) is 7.09. The summed E-state index contributed by atoms with van der Waals surface area (Å²) in [5.41, 5.74) is 1.93. The quantitative estimate of drug-likeness (QED) is 0.806. The van der Waals surface area contributed by atoms with Crippen molar-refractivity contribution in [3.8, 4) is 0 Å². The third-order valence-corrected chi connectivity index (χ3v) is 4.61. The number of nitrogens with zero attached hydrogens (tertiary/aromatic N) is 1. The average molecular weight is 324 g/mol. The summed E-state index contributed by atoms with van der Waals surface area (Å²) in [5, 5.41) is 0. The molecule has 0 radical (unpaired) electrons. The summed E-state index contributed by atoms with van der Waals surface area (Å²) in [5.74, 6) is 0.810. The van der Waals surface area contributed by atoms with Gasteiger partial charge in [0.15, 0.2) is 0 Å². The third-order valence-electron chi connectivity index (χ3n) is 3.96. The van der Waals surface area contributed by atoms with Gasteiger partial charge in [-0.25, -0.2) is 0 Å². The van der Waals surface area contributed by atoms with Crippen LogP contribution in [0.25, 0.3) is 0 Å². The zero-order valence-corrected chi connectivity index (χ0v) is 13.4. The Hall–Kier alpha value is -0.830. The van der Waals surface area contributed by atoms with E-state index in [2.05, 4.69) is 15.9 Å². The summed E-state index contributed by atoms with van der Waals surface area (Å²) >= 11 is 3.49. The molecule has 0 aliphatic heterocycles. The van der Waals surface area contributed by atoms with E-state index in [1.54, 1.807) is 0 Å². The van der Waals surface area contributed by atoms with Gasteiger partial charge in [0, 0.05) is 18.1 Å². The summed E-state index contributed by atoms with van der Waals surface area (Å²) in [6, 6.07) is 5.91. The van der Waals surface area contributed by atoms with Gasteiger partial charge in [-0.15, -0.1) is 0 Å². The number of hydrogen-bond donors (Lipinski definition) is 0.